The molecule has 4 rings (SSSR count). The minimum absolute atomic E-state index is 0.0521. The van der Waals surface area contributed by atoms with Crippen molar-refractivity contribution in [3.63, 3.8) is 0 Å². The zero-order valence-corrected chi connectivity index (χ0v) is 13.2. The van der Waals surface area contributed by atoms with Crippen molar-refractivity contribution in [3.8, 4) is 0 Å². The van der Waals surface area contributed by atoms with E-state index >= 15 is 0 Å². The second kappa shape index (κ2) is 5.10. The molecule has 0 spiro atoms. The maximum atomic E-state index is 12.7. The largest absolute Gasteiger partial charge is 0.399 e. The molecule has 0 aliphatic heterocycles. The summed E-state index contributed by atoms with van der Waals surface area (Å²) in [5.41, 5.74) is 9.18. The number of nitrogens with zero attached hydrogens (tertiary/aromatic N) is 3. The number of nitrogen functional groups attached to an aromatic ring is 1. The van der Waals surface area contributed by atoms with Gasteiger partial charge in [-0.05, 0) is 30.3 Å². The molecule has 0 fully saturated rings. The summed E-state index contributed by atoms with van der Waals surface area (Å²) in [5, 5.41) is 0. The van der Waals surface area contributed by atoms with Gasteiger partial charge in [-0.25, -0.2) is 4.98 Å². The number of rotatable bonds is 2. The van der Waals surface area contributed by atoms with E-state index in [-0.39, 0.29) is 5.91 Å². The van der Waals surface area contributed by atoms with Crippen LogP contribution in [0, 0.1) is 0 Å². The Bertz CT molecular complexity index is 1020. The molecule has 2 N–H and O–H groups in total. The molecule has 0 atom stereocenters. The van der Waals surface area contributed by atoms with E-state index in [1.54, 1.807) is 11.9 Å². The highest BCUT2D eigenvalue weighted by Crippen LogP contribution is 2.26. The van der Waals surface area contributed by atoms with E-state index in [1.165, 1.54) is 11.3 Å². The maximum Gasteiger partial charge on any atom is 0.269 e. The fourth-order valence-corrected chi connectivity index (χ4v) is 3.53. The average molecular weight is 322 g/mol. The number of amides is 1. The molecule has 0 unspecified atom stereocenters. The van der Waals surface area contributed by atoms with Crippen LogP contribution in [0.15, 0.2) is 54.7 Å². The van der Waals surface area contributed by atoms with Crippen LogP contribution in [-0.4, -0.2) is 22.3 Å². The average Bonchev–Trinajstić information content (AvgIpc) is 3.12. The van der Waals surface area contributed by atoms with Crippen molar-refractivity contribution in [1.82, 2.24) is 9.38 Å². The third-order valence-electron chi connectivity index (χ3n) is 3.79. The monoisotopic (exact) mass is 322 g/mol. The fourth-order valence-electron chi connectivity index (χ4n) is 2.56. The molecule has 0 saturated heterocycles. The number of hydrogen-bond acceptors (Lipinski definition) is 4. The molecule has 0 bridgehead atoms. The van der Waals surface area contributed by atoms with Gasteiger partial charge in [-0.3, -0.25) is 9.20 Å². The molecule has 0 saturated carbocycles. The number of nitrogens with two attached hydrogens (primary N) is 1. The molecular weight excluding hydrogens is 308 g/mol. The predicted molar refractivity (Wildman–Crippen MR) is 94.2 cm³/mol. The van der Waals surface area contributed by atoms with Crippen LogP contribution >= 0.6 is 11.3 Å². The van der Waals surface area contributed by atoms with Gasteiger partial charge < -0.3 is 10.6 Å². The highest BCUT2D eigenvalue weighted by Gasteiger charge is 2.18. The van der Waals surface area contributed by atoms with E-state index in [0.717, 1.165) is 21.7 Å². The molecule has 0 aliphatic carbocycles. The van der Waals surface area contributed by atoms with E-state index in [4.69, 9.17) is 5.73 Å². The Hall–Kier alpha value is -2.86. The number of thiazole rings is 1. The lowest BCUT2D eigenvalue weighted by Crippen LogP contribution is -2.25. The molecule has 0 aliphatic rings. The Kier molecular flexibility index (Phi) is 3.06. The highest BCUT2D eigenvalue weighted by molar-refractivity contribution is 7.19. The first-order chi connectivity index (χ1) is 11.1. The summed E-state index contributed by atoms with van der Waals surface area (Å²) >= 11 is 1.38. The van der Waals surface area contributed by atoms with E-state index in [2.05, 4.69) is 4.98 Å². The van der Waals surface area contributed by atoms with Crippen LogP contribution in [0.3, 0.4) is 0 Å². The third kappa shape index (κ3) is 2.24. The summed E-state index contributed by atoms with van der Waals surface area (Å²) in [6.07, 6.45) is 1.83. The van der Waals surface area contributed by atoms with Gasteiger partial charge in [-0.2, -0.15) is 0 Å². The molecule has 4 aromatic rings. The normalized spacial score (nSPS) is 11.2. The smallest absolute Gasteiger partial charge is 0.269 e. The predicted octanol–water partition coefficient (Wildman–Crippen LogP) is 3.41. The van der Waals surface area contributed by atoms with Crippen molar-refractivity contribution in [2.75, 3.05) is 17.7 Å². The van der Waals surface area contributed by atoms with Crippen molar-refractivity contribution in [3.05, 3.63) is 59.6 Å². The number of carbonyl (C=O) groups is 1. The summed E-state index contributed by atoms with van der Waals surface area (Å²) in [6.45, 7) is 0. The summed E-state index contributed by atoms with van der Waals surface area (Å²) < 4.78 is 1.92. The first-order valence-corrected chi connectivity index (χ1v) is 7.95. The molecule has 114 valence electrons. The van der Waals surface area contributed by atoms with Gasteiger partial charge in [0.25, 0.3) is 5.91 Å². The van der Waals surface area contributed by atoms with E-state index in [9.17, 15) is 4.79 Å². The minimum atomic E-state index is -0.0521. The molecule has 2 aromatic carbocycles. The number of para-hydroxylation sites is 1. The number of hydrogen-bond donors (Lipinski definition) is 1. The van der Waals surface area contributed by atoms with Crippen LogP contribution in [0.5, 0.6) is 0 Å². The quantitative estimate of drug-likeness (QED) is 0.575. The number of benzene rings is 2. The Morgan fingerprint density at radius 3 is 2.78 bits per heavy atom. The van der Waals surface area contributed by atoms with Gasteiger partial charge in [0.2, 0.25) is 0 Å². The van der Waals surface area contributed by atoms with Crippen molar-refractivity contribution in [2.45, 2.75) is 0 Å². The standard InChI is InChI=1S/C17H14N4OS/c1-20(12-5-3-2-4-6-12)16(22)15-10-21-14-9-11(18)7-8-13(14)19-17(21)23-15/h2-10H,18H2,1H3. The van der Waals surface area contributed by atoms with Crippen LogP contribution in [0.25, 0.3) is 16.0 Å². The van der Waals surface area contributed by atoms with Gasteiger partial charge in [0.15, 0.2) is 4.96 Å². The Labute approximate surface area is 136 Å². The second-order valence-corrected chi connectivity index (χ2v) is 6.32. The van der Waals surface area contributed by atoms with Gasteiger partial charge in [0, 0.05) is 24.6 Å². The van der Waals surface area contributed by atoms with E-state index < -0.39 is 0 Å². The fraction of sp³-hybridized carbons (Fsp3) is 0.0588. The van der Waals surface area contributed by atoms with Crippen LogP contribution in [0.2, 0.25) is 0 Å². The first-order valence-electron chi connectivity index (χ1n) is 7.14. The Morgan fingerprint density at radius 2 is 2.00 bits per heavy atom. The molecule has 5 nitrogen and oxygen atoms in total. The lowest BCUT2D eigenvalue weighted by atomic mass is 10.3. The van der Waals surface area contributed by atoms with Crippen LogP contribution in [0.4, 0.5) is 11.4 Å². The number of carbonyl (C=O) groups excluding carboxylic acids is 1. The lowest BCUT2D eigenvalue weighted by molar-refractivity contribution is 0.0996. The summed E-state index contributed by atoms with van der Waals surface area (Å²) in [6, 6.07) is 15.2. The first kappa shape index (κ1) is 13.8. The summed E-state index contributed by atoms with van der Waals surface area (Å²) in [4.78, 5) is 20.3. The van der Waals surface area contributed by atoms with Crippen molar-refractivity contribution < 1.29 is 4.79 Å². The number of aromatic nitrogens is 2. The van der Waals surface area contributed by atoms with Crippen molar-refractivity contribution >= 4 is 44.6 Å². The molecule has 23 heavy (non-hydrogen) atoms. The van der Waals surface area contributed by atoms with Crippen molar-refractivity contribution in [2.24, 2.45) is 0 Å². The van der Waals surface area contributed by atoms with Crippen molar-refractivity contribution in [1.29, 1.82) is 0 Å². The lowest BCUT2D eigenvalue weighted by Gasteiger charge is -2.15. The molecule has 2 heterocycles. The van der Waals surface area contributed by atoms with Gasteiger partial charge in [0.05, 0.1) is 11.0 Å². The zero-order valence-electron chi connectivity index (χ0n) is 12.4. The zero-order chi connectivity index (χ0) is 16.0. The van der Waals surface area contributed by atoms with Gasteiger partial charge in [0.1, 0.15) is 4.88 Å². The highest BCUT2D eigenvalue weighted by atomic mass is 32.1. The Balaban J connectivity index is 1.77. The van der Waals surface area contributed by atoms with Gasteiger partial charge in [-0.1, -0.05) is 29.5 Å². The van der Waals surface area contributed by atoms with Crippen LogP contribution in [-0.2, 0) is 0 Å². The molecule has 6 heteroatoms. The maximum absolute atomic E-state index is 12.7. The SMILES string of the molecule is CN(C(=O)c1cn2c(nc3ccc(N)cc32)s1)c1ccccc1. The number of anilines is 2. The summed E-state index contributed by atoms with van der Waals surface area (Å²) in [7, 11) is 1.77. The Morgan fingerprint density at radius 1 is 1.22 bits per heavy atom. The third-order valence-corrected chi connectivity index (χ3v) is 4.76. The van der Waals surface area contributed by atoms with Crippen LogP contribution < -0.4 is 10.6 Å². The van der Waals surface area contributed by atoms with E-state index in [0.29, 0.717) is 10.6 Å². The molecule has 0 radical (unpaired) electrons. The van der Waals surface area contributed by atoms with Gasteiger partial charge in [-0.15, -0.1) is 0 Å². The van der Waals surface area contributed by atoms with Gasteiger partial charge >= 0.3 is 0 Å². The number of imidazole rings is 1. The number of fused-ring (bicyclic) bond motifs is 3. The van der Waals surface area contributed by atoms with E-state index in [1.807, 2.05) is 59.1 Å². The molecular formula is C17H14N4OS. The summed E-state index contributed by atoms with van der Waals surface area (Å²) in [5.74, 6) is -0.0521. The second-order valence-electron chi connectivity index (χ2n) is 5.31. The minimum Gasteiger partial charge on any atom is -0.399 e. The molecule has 2 aromatic heterocycles. The molecule has 1 amide bonds. The topological polar surface area (TPSA) is 63.6 Å². The van der Waals surface area contributed by atoms with Crippen LogP contribution in [0.1, 0.15) is 9.67 Å².